The van der Waals surface area contributed by atoms with Gasteiger partial charge in [0.15, 0.2) is 0 Å². The Bertz CT molecular complexity index is 729. The van der Waals surface area contributed by atoms with E-state index >= 15 is 0 Å². The topological polar surface area (TPSA) is 110 Å². The molecule has 2 aromatic rings. The molecule has 0 aliphatic carbocycles. The van der Waals surface area contributed by atoms with Gasteiger partial charge in [-0.3, -0.25) is 9.59 Å². The van der Waals surface area contributed by atoms with E-state index < -0.39 is 23.7 Å². The highest BCUT2D eigenvalue weighted by Gasteiger charge is 2.15. The first-order valence-electron chi connectivity index (χ1n) is 7.01. The summed E-state index contributed by atoms with van der Waals surface area (Å²) in [6.45, 7) is 1.70. The van der Waals surface area contributed by atoms with Gasteiger partial charge in [0.2, 0.25) is 0 Å². The average Bonchev–Trinajstić information content (AvgIpc) is 3.00. The monoisotopic (exact) mass is 320 g/mol. The summed E-state index contributed by atoms with van der Waals surface area (Å²) in [4.78, 5) is 26.8. The number of hydrogen-bond acceptors (Lipinski definition) is 4. The molecule has 8 heteroatoms. The van der Waals surface area contributed by atoms with Gasteiger partial charge in [-0.2, -0.15) is 0 Å². The van der Waals surface area contributed by atoms with Crippen molar-refractivity contribution in [2.24, 2.45) is 5.73 Å². The highest BCUT2D eigenvalue weighted by molar-refractivity contribution is 5.95. The summed E-state index contributed by atoms with van der Waals surface area (Å²) in [7, 11) is 0. The fourth-order valence-corrected chi connectivity index (χ4v) is 1.93. The van der Waals surface area contributed by atoms with E-state index in [4.69, 9.17) is 10.8 Å². The zero-order valence-electron chi connectivity index (χ0n) is 12.5. The van der Waals surface area contributed by atoms with Gasteiger partial charge in [-0.1, -0.05) is 6.92 Å². The summed E-state index contributed by atoms with van der Waals surface area (Å²) in [6, 6.07) is 2.63. The number of rotatable bonds is 6. The van der Waals surface area contributed by atoms with Crippen LogP contribution in [0, 0.1) is 5.82 Å². The predicted octanol–water partition coefficient (Wildman–Crippen LogP) is 0.715. The second kappa shape index (κ2) is 7.01. The standard InChI is InChI=1S/C15H17FN4O3/c1-2-11-7-20(8-19-11)12-4-9(3-10(16)5-12)14(21)18-6-13(17)15(22)23/h3-5,7-8,13H,2,6,17H2,1H3,(H,18,21)(H,22,23)/t13-/m1/s1. The molecule has 0 aliphatic rings. The third-order valence-electron chi connectivity index (χ3n) is 3.24. The summed E-state index contributed by atoms with van der Waals surface area (Å²) in [6.07, 6.45) is 4.02. The van der Waals surface area contributed by atoms with Crippen LogP contribution in [-0.2, 0) is 11.2 Å². The van der Waals surface area contributed by atoms with Gasteiger partial charge >= 0.3 is 5.97 Å². The molecule has 122 valence electrons. The molecule has 1 aromatic heterocycles. The van der Waals surface area contributed by atoms with Gasteiger partial charge in [0, 0.05) is 18.3 Å². The summed E-state index contributed by atoms with van der Waals surface area (Å²) in [5, 5.41) is 11.0. The zero-order valence-corrected chi connectivity index (χ0v) is 12.5. The van der Waals surface area contributed by atoms with Crippen LogP contribution in [0.1, 0.15) is 23.0 Å². The van der Waals surface area contributed by atoms with Crippen LogP contribution in [0.3, 0.4) is 0 Å². The number of nitrogens with zero attached hydrogens (tertiary/aromatic N) is 2. The highest BCUT2D eigenvalue weighted by atomic mass is 19.1. The second-order valence-electron chi connectivity index (χ2n) is 4.98. The fraction of sp³-hybridized carbons (Fsp3) is 0.267. The molecule has 0 bridgehead atoms. The Labute approximate surface area is 131 Å². The quantitative estimate of drug-likeness (QED) is 0.726. The van der Waals surface area contributed by atoms with E-state index in [2.05, 4.69) is 10.3 Å². The van der Waals surface area contributed by atoms with Crippen LogP contribution >= 0.6 is 0 Å². The number of nitrogens with two attached hydrogens (primary N) is 1. The van der Waals surface area contributed by atoms with Crippen LogP contribution in [0.4, 0.5) is 4.39 Å². The van der Waals surface area contributed by atoms with Crippen molar-refractivity contribution >= 4 is 11.9 Å². The summed E-state index contributed by atoms with van der Waals surface area (Å²) >= 11 is 0. The van der Waals surface area contributed by atoms with E-state index in [1.54, 1.807) is 10.8 Å². The Morgan fingerprint density at radius 3 is 2.78 bits per heavy atom. The molecule has 0 fully saturated rings. The smallest absolute Gasteiger partial charge is 0.322 e. The van der Waals surface area contributed by atoms with Gasteiger partial charge < -0.3 is 20.7 Å². The van der Waals surface area contributed by atoms with Crippen molar-refractivity contribution in [3.63, 3.8) is 0 Å². The molecule has 0 saturated heterocycles. The number of aryl methyl sites for hydroxylation is 1. The van der Waals surface area contributed by atoms with Crippen LogP contribution < -0.4 is 11.1 Å². The van der Waals surface area contributed by atoms with E-state index in [9.17, 15) is 14.0 Å². The lowest BCUT2D eigenvalue weighted by atomic mass is 10.1. The Kier molecular flexibility index (Phi) is 5.07. The van der Waals surface area contributed by atoms with E-state index in [1.165, 1.54) is 18.5 Å². The summed E-state index contributed by atoms with van der Waals surface area (Å²) < 4.78 is 15.4. The molecule has 4 N–H and O–H groups in total. The molecule has 23 heavy (non-hydrogen) atoms. The van der Waals surface area contributed by atoms with Gasteiger partial charge in [0.1, 0.15) is 11.9 Å². The van der Waals surface area contributed by atoms with Crippen molar-refractivity contribution in [1.82, 2.24) is 14.9 Å². The number of halogens is 1. The Morgan fingerprint density at radius 1 is 1.43 bits per heavy atom. The van der Waals surface area contributed by atoms with Crippen LogP contribution in [0.2, 0.25) is 0 Å². The Balaban J connectivity index is 2.19. The lowest BCUT2D eigenvalue weighted by molar-refractivity contribution is -0.138. The molecule has 2 rings (SSSR count). The third kappa shape index (κ3) is 4.13. The lowest BCUT2D eigenvalue weighted by Gasteiger charge is -2.10. The van der Waals surface area contributed by atoms with Gasteiger partial charge in [-0.05, 0) is 24.6 Å². The number of benzene rings is 1. The van der Waals surface area contributed by atoms with E-state index in [0.29, 0.717) is 5.69 Å². The predicted molar refractivity (Wildman–Crippen MR) is 80.8 cm³/mol. The number of carboxylic acid groups (broad SMARTS) is 1. The van der Waals surface area contributed by atoms with Crippen LogP contribution in [0.5, 0.6) is 0 Å². The van der Waals surface area contributed by atoms with Gasteiger partial charge in [0.25, 0.3) is 5.91 Å². The first-order valence-corrected chi connectivity index (χ1v) is 7.01. The van der Waals surface area contributed by atoms with Crippen molar-refractivity contribution in [3.8, 4) is 5.69 Å². The molecule has 0 aliphatic heterocycles. The number of nitrogens with one attached hydrogen (secondary N) is 1. The van der Waals surface area contributed by atoms with Crippen LogP contribution in [0.15, 0.2) is 30.7 Å². The van der Waals surface area contributed by atoms with Crippen molar-refractivity contribution < 1.29 is 19.1 Å². The maximum absolute atomic E-state index is 13.8. The molecule has 0 saturated carbocycles. The molecule has 0 spiro atoms. The van der Waals surface area contributed by atoms with Gasteiger partial charge in [0.05, 0.1) is 17.7 Å². The first kappa shape index (κ1) is 16.6. The van der Waals surface area contributed by atoms with Gasteiger partial charge in [-0.15, -0.1) is 0 Å². The molecular weight excluding hydrogens is 303 g/mol. The van der Waals surface area contributed by atoms with E-state index in [1.807, 2.05) is 6.92 Å². The second-order valence-corrected chi connectivity index (χ2v) is 4.98. The molecule has 1 heterocycles. The third-order valence-corrected chi connectivity index (χ3v) is 3.24. The molecule has 7 nitrogen and oxygen atoms in total. The zero-order chi connectivity index (χ0) is 17.0. The Hall–Kier alpha value is -2.74. The minimum atomic E-state index is -1.23. The first-order chi connectivity index (χ1) is 10.9. The number of amides is 1. The molecule has 0 unspecified atom stereocenters. The molecule has 1 aromatic carbocycles. The highest BCUT2D eigenvalue weighted by Crippen LogP contribution is 2.14. The number of hydrogen-bond donors (Lipinski definition) is 3. The van der Waals surface area contributed by atoms with Crippen molar-refractivity contribution in [3.05, 3.63) is 47.8 Å². The van der Waals surface area contributed by atoms with E-state index in [-0.39, 0.29) is 12.1 Å². The minimum absolute atomic E-state index is 0.0735. The normalized spacial score (nSPS) is 12.0. The molecule has 1 amide bonds. The maximum atomic E-state index is 13.8. The van der Waals surface area contributed by atoms with Crippen LogP contribution in [-0.4, -0.2) is 39.1 Å². The minimum Gasteiger partial charge on any atom is -0.480 e. The number of carbonyl (C=O) groups excluding carboxylic acids is 1. The number of carbonyl (C=O) groups is 2. The fourth-order valence-electron chi connectivity index (χ4n) is 1.93. The number of carboxylic acids is 1. The number of imidazole rings is 1. The number of aliphatic carboxylic acids is 1. The maximum Gasteiger partial charge on any atom is 0.322 e. The lowest BCUT2D eigenvalue weighted by Crippen LogP contribution is -2.42. The van der Waals surface area contributed by atoms with Crippen LogP contribution in [0.25, 0.3) is 5.69 Å². The van der Waals surface area contributed by atoms with Gasteiger partial charge in [-0.25, -0.2) is 9.37 Å². The summed E-state index contributed by atoms with van der Waals surface area (Å²) in [5.74, 6) is -2.41. The summed E-state index contributed by atoms with van der Waals surface area (Å²) in [5.41, 5.74) is 6.67. The van der Waals surface area contributed by atoms with Crippen molar-refractivity contribution in [2.45, 2.75) is 19.4 Å². The molecule has 0 radical (unpaired) electrons. The SMILES string of the molecule is CCc1cn(-c2cc(F)cc(C(=O)NC[C@@H](N)C(=O)O)c2)cn1. The largest absolute Gasteiger partial charge is 0.480 e. The Morgan fingerprint density at radius 2 is 2.17 bits per heavy atom. The number of aromatic nitrogens is 2. The molecule has 1 atom stereocenters. The van der Waals surface area contributed by atoms with Crippen molar-refractivity contribution in [2.75, 3.05) is 6.54 Å². The average molecular weight is 320 g/mol. The molecular formula is C15H17FN4O3. The van der Waals surface area contributed by atoms with Crippen molar-refractivity contribution in [1.29, 1.82) is 0 Å². The van der Waals surface area contributed by atoms with E-state index in [0.717, 1.165) is 18.2 Å².